The Morgan fingerprint density at radius 1 is 1.45 bits per heavy atom. The zero-order valence-electron chi connectivity index (χ0n) is 12.7. The molecule has 2 rings (SSSR count). The minimum atomic E-state index is 0.686. The summed E-state index contributed by atoms with van der Waals surface area (Å²) in [4.78, 5) is 2.41. The number of halogens is 1. The monoisotopic (exact) mass is 296 g/mol. The van der Waals surface area contributed by atoms with E-state index in [0.29, 0.717) is 10.9 Å². The number of hydrogen-bond donors (Lipinski definition) is 1. The lowest BCUT2D eigenvalue weighted by Crippen LogP contribution is -2.28. The van der Waals surface area contributed by atoms with Gasteiger partial charge in [0.25, 0.3) is 0 Å². The van der Waals surface area contributed by atoms with Gasteiger partial charge in [0.2, 0.25) is 0 Å². The van der Waals surface area contributed by atoms with Crippen molar-refractivity contribution in [3.63, 3.8) is 0 Å². The Morgan fingerprint density at radius 2 is 2.25 bits per heavy atom. The van der Waals surface area contributed by atoms with Gasteiger partial charge in [-0.15, -0.1) is 0 Å². The highest BCUT2D eigenvalue weighted by Gasteiger charge is 2.22. The standard InChI is InChI=1S/C16H25ClN2O/c1-12(2)9-18-10-13-6-7-19(11-13)14-4-5-16(20-3)15(17)8-14/h4-5,8,12-13,18H,6-7,9-11H2,1-3H3. The maximum absolute atomic E-state index is 6.20. The molecule has 1 aliphatic rings. The summed E-state index contributed by atoms with van der Waals surface area (Å²) in [6.07, 6.45) is 1.24. The van der Waals surface area contributed by atoms with Gasteiger partial charge >= 0.3 is 0 Å². The van der Waals surface area contributed by atoms with Crippen molar-refractivity contribution in [2.75, 3.05) is 38.2 Å². The first-order chi connectivity index (χ1) is 9.60. The van der Waals surface area contributed by atoms with Crippen LogP contribution in [0.2, 0.25) is 5.02 Å². The van der Waals surface area contributed by atoms with Crippen LogP contribution < -0.4 is 15.0 Å². The SMILES string of the molecule is COc1ccc(N2CCC(CNCC(C)C)C2)cc1Cl. The largest absolute Gasteiger partial charge is 0.495 e. The first-order valence-corrected chi connectivity index (χ1v) is 7.77. The third kappa shape index (κ3) is 4.03. The lowest BCUT2D eigenvalue weighted by Gasteiger charge is -2.20. The minimum Gasteiger partial charge on any atom is -0.495 e. The second kappa shape index (κ2) is 7.19. The summed E-state index contributed by atoms with van der Waals surface area (Å²) in [5.74, 6) is 2.19. The summed E-state index contributed by atoms with van der Waals surface area (Å²) in [6, 6.07) is 6.04. The van der Waals surface area contributed by atoms with Gasteiger partial charge in [-0.2, -0.15) is 0 Å². The van der Waals surface area contributed by atoms with Crippen LogP contribution in [-0.2, 0) is 0 Å². The summed E-state index contributed by atoms with van der Waals surface area (Å²) in [6.45, 7) is 8.91. The molecule has 0 amide bonds. The summed E-state index contributed by atoms with van der Waals surface area (Å²) in [5.41, 5.74) is 1.20. The van der Waals surface area contributed by atoms with E-state index in [1.165, 1.54) is 12.1 Å². The van der Waals surface area contributed by atoms with E-state index in [0.717, 1.165) is 37.8 Å². The minimum absolute atomic E-state index is 0.686. The van der Waals surface area contributed by atoms with Crippen molar-refractivity contribution >= 4 is 17.3 Å². The van der Waals surface area contributed by atoms with Crippen LogP contribution in [0.25, 0.3) is 0 Å². The molecule has 1 unspecified atom stereocenters. The van der Waals surface area contributed by atoms with E-state index in [2.05, 4.69) is 30.1 Å². The Hall–Kier alpha value is -0.930. The van der Waals surface area contributed by atoms with E-state index in [4.69, 9.17) is 16.3 Å². The van der Waals surface area contributed by atoms with E-state index in [-0.39, 0.29) is 0 Å². The third-order valence-corrected chi connectivity index (χ3v) is 4.07. The molecule has 3 nitrogen and oxygen atoms in total. The molecule has 1 aliphatic heterocycles. The summed E-state index contributed by atoms with van der Waals surface area (Å²) in [5, 5.41) is 4.24. The van der Waals surface area contributed by atoms with E-state index >= 15 is 0 Å². The van der Waals surface area contributed by atoms with E-state index in [9.17, 15) is 0 Å². The molecule has 4 heteroatoms. The van der Waals surface area contributed by atoms with Crippen molar-refractivity contribution in [3.8, 4) is 5.75 Å². The molecule has 1 fully saturated rings. The maximum Gasteiger partial charge on any atom is 0.137 e. The van der Waals surface area contributed by atoms with Crippen LogP contribution in [-0.4, -0.2) is 33.3 Å². The molecule has 0 aliphatic carbocycles. The smallest absolute Gasteiger partial charge is 0.137 e. The number of ether oxygens (including phenoxy) is 1. The first kappa shape index (κ1) is 15.5. The molecule has 1 saturated heterocycles. The fourth-order valence-corrected chi connectivity index (χ4v) is 2.91. The van der Waals surface area contributed by atoms with Crippen molar-refractivity contribution < 1.29 is 4.74 Å². The van der Waals surface area contributed by atoms with Crippen molar-refractivity contribution in [2.24, 2.45) is 11.8 Å². The van der Waals surface area contributed by atoms with Gasteiger partial charge in [-0.1, -0.05) is 25.4 Å². The normalized spacial score (nSPS) is 18.9. The number of benzene rings is 1. The van der Waals surface area contributed by atoms with Crippen LogP contribution in [0.5, 0.6) is 5.75 Å². The second-order valence-electron chi connectivity index (χ2n) is 5.97. The van der Waals surface area contributed by atoms with Crippen molar-refractivity contribution in [3.05, 3.63) is 23.2 Å². The van der Waals surface area contributed by atoms with Crippen LogP contribution in [0.4, 0.5) is 5.69 Å². The number of nitrogens with one attached hydrogen (secondary N) is 1. The topological polar surface area (TPSA) is 24.5 Å². The molecule has 1 atom stereocenters. The summed E-state index contributed by atoms with van der Waals surface area (Å²) >= 11 is 6.20. The van der Waals surface area contributed by atoms with Gasteiger partial charge in [-0.05, 0) is 49.5 Å². The number of methoxy groups -OCH3 is 1. The van der Waals surface area contributed by atoms with Gasteiger partial charge in [-0.3, -0.25) is 0 Å². The van der Waals surface area contributed by atoms with Crippen molar-refractivity contribution in [1.29, 1.82) is 0 Å². The quantitative estimate of drug-likeness (QED) is 0.870. The number of rotatable bonds is 6. The third-order valence-electron chi connectivity index (χ3n) is 3.77. The maximum atomic E-state index is 6.20. The van der Waals surface area contributed by atoms with Crippen molar-refractivity contribution in [1.82, 2.24) is 5.32 Å². The zero-order valence-corrected chi connectivity index (χ0v) is 13.4. The highest BCUT2D eigenvalue weighted by Crippen LogP contribution is 2.31. The van der Waals surface area contributed by atoms with Gasteiger partial charge in [0, 0.05) is 18.8 Å². The molecule has 0 saturated carbocycles. The molecule has 20 heavy (non-hydrogen) atoms. The lowest BCUT2D eigenvalue weighted by molar-refractivity contribution is 0.415. The molecular weight excluding hydrogens is 272 g/mol. The predicted octanol–water partition coefficient (Wildman–Crippen LogP) is 3.42. The molecular formula is C16H25ClN2O. The molecule has 0 bridgehead atoms. The van der Waals surface area contributed by atoms with E-state index in [1.807, 2.05) is 12.1 Å². The Morgan fingerprint density at radius 3 is 2.90 bits per heavy atom. The number of hydrogen-bond acceptors (Lipinski definition) is 3. The molecule has 112 valence electrons. The molecule has 0 aromatic heterocycles. The molecule has 0 radical (unpaired) electrons. The second-order valence-corrected chi connectivity index (χ2v) is 6.38. The van der Waals surface area contributed by atoms with Gasteiger partial charge in [-0.25, -0.2) is 0 Å². The molecule has 1 aromatic rings. The fraction of sp³-hybridized carbons (Fsp3) is 0.625. The highest BCUT2D eigenvalue weighted by atomic mass is 35.5. The predicted molar refractivity (Wildman–Crippen MR) is 86.0 cm³/mol. The highest BCUT2D eigenvalue weighted by molar-refractivity contribution is 6.32. The van der Waals surface area contributed by atoms with Crippen LogP contribution in [0.3, 0.4) is 0 Å². The molecule has 1 N–H and O–H groups in total. The van der Waals surface area contributed by atoms with Crippen LogP contribution in [0.1, 0.15) is 20.3 Å². The van der Waals surface area contributed by atoms with Crippen molar-refractivity contribution in [2.45, 2.75) is 20.3 Å². The Balaban J connectivity index is 1.87. The molecule has 1 heterocycles. The Labute approximate surface area is 127 Å². The zero-order chi connectivity index (χ0) is 14.5. The number of nitrogens with zero attached hydrogens (tertiary/aromatic N) is 1. The van der Waals surface area contributed by atoms with E-state index in [1.54, 1.807) is 7.11 Å². The average molecular weight is 297 g/mol. The Bertz CT molecular complexity index is 436. The van der Waals surface area contributed by atoms with E-state index < -0.39 is 0 Å². The molecule has 0 spiro atoms. The van der Waals surface area contributed by atoms with Gasteiger partial charge in [0.15, 0.2) is 0 Å². The first-order valence-electron chi connectivity index (χ1n) is 7.39. The number of anilines is 1. The van der Waals surface area contributed by atoms with Gasteiger partial charge < -0.3 is 15.0 Å². The summed E-state index contributed by atoms with van der Waals surface area (Å²) < 4.78 is 5.20. The van der Waals surface area contributed by atoms with Gasteiger partial charge in [0.05, 0.1) is 12.1 Å². The lowest BCUT2D eigenvalue weighted by atomic mass is 10.1. The van der Waals surface area contributed by atoms with Gasteiger partial charge in [0.1, 0.15) is 5.75 Å². The summed E-state index contributed by atoms with van der Waals surface area (Å²) in [7, 11) is 1.65. The fourth-order valence-electron chi connectivity index (χ4n) is 2.66. The average Bonchev–Trinajstić information content (AvgIpc) is 2.87. The van der Waals surface area contributed by atoms with Crippen LogP contribution >= 0.6 is 11.6 Å². The van der Waals surface area contributed by atoms with Crippen LogP contribution in [0, 0.1) is 11.8 Å². The molecule has 1 aromatic carbocycles. The van der Waals surface area contributed by atoms with Crippen LogP contribution in [0.15, 0.2) is 18.2 Å². The Kier molecular flexibility index (Phi) is 5.55.